The molecule has 1 aliphatic heterocycles. The van der Waals surface area contributed by atoms with Gasteiger partial charge in [0.2, 0.25) is 5.91 Å². The molecular weight excluding hydrogens is 409 g/mol. The number of imide groups is 1. The Balaban J connectivity index is 1.76. The predicted octanol–water partition coefficient (Wildman–Crippen LogP) is 3.16. The minimum atomic E-state index is -0.858. The molecule has 8 nitrogen and oxygen atoms in total. The number of nitro benzene ring substituents is 1. The number of fused-ring (bicyclic) bond motifs is 1. The number of carbonyl (C=O) groups excluding carboxylic acids is 3. The number of rotatable bonds is 5. The molecule has 3 amide bonds. The lowest BCUT2D eigenvalue weighted by atomic mass is 10.1. The van der Waals surface area contributed by atoms with Crippen molar-refractivity contribution in [2.24, 2.45) is 0 Å². The largest absolute Gasteiger partial charge is 0.340 e. The lowest BCUT2D eigenvalue weighted by Crippen LogP contribution is -2.41. The summed E-state index contributed by atoms with van der Waals surface area (Å²) in [7, 11) is 1.51. The molecule has 0 spiro atoms. The quantitative estimate of drug-likeness (QED) is 0.419. The number of nitro groups is 1. The number of nitrogens with zero attached hydrogens (tertiary/aromatic N) is 3. The van der Waals surface area contributed by atoms with E-state index in [1.165, 1.54) is 24.1 Å². The molecule has 2 aromatic carbocycles. The molecule has 0 saturated heterocycles. The summed E-state index contributed by atoms with van der Waals surface area (Å²) in [5, 5.41) is 11.9. The summed E-state index contributed by atoms with van der Waals surface area (Å²) in [6.45, 7) is -0.347. The van der Waals surface area contributed by atoms with E-state index in [1.54, 1.807) is 18.2 Å². The van der Waals surface area contributed by atoms with Crippen LogP contribution in [0, 0.1) is 10.1 Å². The number of carbonyl (C=O) groups is 3. The summed E-state index contributed by atoms with van der Waals surface area (Å²) in [6.07, 6.45) is 0. The Bertz CT molecular complexity index is 1020. The van der Waals surface area contributed by atoms with Crippen LogP contribution in [0.4, 0.5) is 5.69 Å². The Morgan fingerprint density at radius 1 is 1.14 bits per heavy atom. The van der Waals surface area contributed by atoms with Gasteiger partial charge in [-0.2, -0.15) is 0 Å². The molecule has 28 heavy (non-hydrogen) atoms. The number of halogens is 2. The average Bonchev–Trinajstić information content (AvgIpc) is 2.89. The van der Waals surface area contributed by atoms with E-state index in [4.69, 9.17) is 23.2 Å². The maximum absolute atomic E-state index is 12.5. The van der Waals surface area contributed by atoms with E-state index < -0.39 is 34.9 Å². The van der Waals surface area contributed by atoms with Crippen molar-refractivity contribution in [3.63, 3.8) is 0 Å². The Labute approximate surface area is 169 Å². The normalized spacial score (nSPS) is 12.9. The van der Waals surface area contributed by atoms with E-state index >= 15 is 0 Å². The van der Waals surface area contributed by atoms with Crippen LogP contribution < -0.4 is 0 Å². The van der Waals surface area contributed by atoms with Gasteiger partial charge < -0.3 is 4.90 Å². The second-order valence-electron chi connectivity index (χ2n) is 6.15. The predicted molar refractivity (Wildman–Crippen MR) is 101 cm³/mol. The second kappa shape index (κ2) is 7.57. The van der Waals surface area contributed by atoms with Gasteiger partial charge in [0.05, 0.1) is 20.5 Å². The van der Waals surface area contributed by atoms with Gasteiger partial charge in [0.25, 0.3) is 17.5 Å². The highest BCUT2D eigenvalue weighted by molar-refractivity contribution is 6.42. The first kappa shape index (κ1) is 19.8. The van der Waals surface area contributed by atoms with Crippen molar-refractivity contribution in [3.05, 3.63) is 73.2 Å². The molecule has 0 aliphatic carbocycles. The zero-order valence-electron chi connectivity index (χ0n) is 14.5. The van der Waals surface area contributed by atoms with Crippen LogP contribution >= 0.6 is 23.2 Å². The molecule has 0 radical (unpaired) electrons. The van der Waals surface area contributed by atoms with Gasteiger partial charge in [-0.25, -0.2) is 0 Å². The summed E-state index contributed by atoms with van der Waals surface area (Å²) in [6, 6.07) is 8.70. The highest BCUT2D eigenvalue weighted by Crippen LogP contribution is 2.30. The zero-order chi connectivity index (χ0) is 20.6. The maximum atomic E-state index is 12.5. The third kappa shape index (κ3) is 3.56. The molecule has 2 aromatic rings. The highest BCUT2D eigenvalue weighted by atomic mass is 35.5. The summed E-state index contributed by atoms with van der Waals surface area (Å²) < 4.78 is 0. The van der Waals surface area contributed by atoms with Crippen LogP contribution in [-0.2, 0) is 11.3 Å². The molecule has 3 rings (SSSR count). The van der Waals surface area contributed by atoms with Crippen molar-refractivity contribution in [3.8, 4) is 0 Å². The molecule has 0 saturated carbocycles. The summed E-state index contributed by atoms with van der Waals surface area (Å²) in [4.78, 5) is 49.9. The van der Waals surface area contributed by atoms with Crippen LogP contribution in [0.15, 0.2) is 36.4 Å². The van der Waals surface area contributed by atoms with E-state index in [0.717, 1.165) is 6.07 Å². The molecule has 144 valence electrons. The Morgan fingerprint density at radius 3 is 2.50 bits per heavy atom. The van der Waals surface area contributed by atoms with E-state index in [-0.39, 0.29) is 17.7 Å². The van der Waals surface area contributed by atoms with Crippen LogP contribution in [-0.4, -0.2) is 46.0 Å². The van der Waals surface area contributed by atoms with E-state index in [1.807, 2.05) is 0 Å². The number of hydrogen-bond donors (Lipinski definition) is 0. The molecule has 0 fully saturated rings. The number of likely N-dealkylation sites (N-methyl/N-ethyl adjacent to an activating group) is 1. The first-order valence-electron chi connectivity index (χ1n) is 8.02. The van der Waals surface area contributed by atoms with Crippen molar-refractivity contribution < 1.29 is 19.3 Å². The van der Waals surface area contributed by atoms with Crippen LogP contribution in [0.25, 0.3) is 0 Å². The van der Waals surface area contributed by atoms with Gasteiger partial charge in [0.1, 0.15) is 12.1 Å². The molecule has 0 bridgehead atoms. The number of benzene rings is 2. The fourth-order valence-corrected chi connectivity index (χ4v) is 3.19. The standard InChI is InChI=1S/C18H13Cl2N3O5/c1-21(8-10-5-6-12(19)13(20)7-10)15(24)9-22-17(25)11-3-2-4-14(23(27)28)16(11)18(22)26/h2-7H,8-9H2,1H3. The lowest BCUT2D eigenvalue weighted by molar-refractivity contribution is -0.385. The van der Waals surface area contributed by atoms with Crippen molar-refractivity contribution in [1.82, 2.24) is 9.80 Å². The summed E-state index contributed by atoms with van der Waals surface area (Å²) >= 11 is 11.8. The van der Waals surface area contributed by atoms with Crippen molar-refractivity contribution in [2.75, 3.05) is 13.6 Å². The monoisotopic (exact) mass is 421 g/mol. The van der Waals surface area contributed by atoms with Crippen LogP contribution in [0.1, 0.15) is 26.3 Å². The first-order chi connectivity index (χ1) is 13.2. The fraction of sp³-hybridized carbons (Fsp3) is 0.167. The third-order valence-corrected chi connectivity index (χ3v) is 5.04. The molecule has 1 heterocycles. The van der Waals surface area contributed by atoms with Gasteiger partial charge in [-0.05, 0) is 23.8 Å². The molecule has 0 N–H and O–H groups in total. The smallest absolute Gasteiger partial charge is 0.282 e. The molecule has 1 aliphatic rings. The Hall–Kier alpha value is -2.97. The van der Waals surface area contributed by atoms with Crippen molar-refractivity contribution in [2.45, 2.75) is 6.54 Å². The fourth-order valence-electron chi connectivity index (χ4n) is 2.87. The molecule has 0 atom stereocenters. The minimum Gasteiger partial charge on any atom is -0.340 e. The van der Waals surface area contributed by atoms with E-state index in [0.29, 0.717) is 20.5 Å². The van der Waals surface area contributed by atoms with Gasteiger partial charge in [-0.15, -0.1) is 0 Å². The lowest BCUT2D eigenvalue weighted by Gasteiger charge is -2.21. The molecule has 0 aromatic heterocycles. The van der Waals surface area contributed by atoms with Gasteiger partial charge in [-0.1, -0.05) is 35.3 Å². The second-order valence-corrected chi connectivity index (χ2v) is 6.97. The first-order valence-corrected chi connectivity index (χ1v) is 8.77. The van der Waals surface area contributed by atoms with E-state index in [2.05, 4.69) is 0 Å². The van der Waals surface area contributed by atoms with Crippen LogP contribution in [0.5, 0.6) is 0 Å². The van der Waals surface area contributed by atoms with Crippen LogP contribution in [0.2, 0.25) is 10.0 Å². The van der Waals surface area contributed by atoms with Crippen LogP contribution in [0.3, 0.4) is 0 Å². The summed E-state index contributed by atoms with van der Waals surface area (Å²) in [5.41, 5.74) is -0.130. The van der Waals surface area contributed by atoms with E-state index in [9.17, 15) is 24.5 Å². The average molecular weight is 422 g/mol. The van der Waals surface area contributed by atoms with Gasteiger partial charge in [0.15, 0.2) is 0 Å². The molecule has 10 heteroatoms. The van der Waals surface area contributed by atoms with Gasteiger partial charge in [0, 0.05) is 19.7 Å². The molecule has 0 unspecified atom stereocenters. The zero-order valence-corrected chi connectivity index (χ0v) is 16.0. The van der Waals surface area contributed by atoms with Gasteiger partial charge in [-0.3, -0.25) is 29.4 Å². The van der Waals surface area contributed by atoms with Crippen molar-refractivity contribution >= 4 is 46.6 Å². The topological polar surface area (TPSA) is 101 Å². The Morgan fingerprint density at radius 2 is 1.86 bits per heavy atom. The minimum absolute atomic E-state index is 0.0841. The van der Waals surface area contributed by atoms with Gasteiger partial charge >= 0.3 is 0 Å². The molecular formula is C18H13Cl2N3O5. The number of amides is 3. The third-order valence-electron chi connectivity index (χ3n) is 4.30. The number of hydrogen-bond acceptors (Lipinski definition) is 5. The van der Waals surface area contributed by atoms with Crippen molar-refractivity contribution in [1.29, 1.82) is 0 Å². The summed E-state index contributed by atoms with van der Waals surface area (Å²) in [5.74, 6) is -2.10. The maximum Gasteiger partial charge on any atom is 0.282 e. The highest BCUT2D eigenvalue weighted by Gasteiger charge is 2.41. The SMILES string of the molecule is CN(Cc1ccc(Cl)c(Cl)c1)C(=O)CN1C(=O)c2cccc([N+](=O)[O-])c2C1=O. The Kier molecular flexibility index (Phi) is 5.35.